The quantitative estimate of drug-likeness (QED) is 0.168. The van der Waals surface area contributed by atoms with E-state index in [2.05, 4.69) is 44.9 Å². The highest BCUT2D eigenvalue weighted by Crippen LogP contribution is 2.33. The van der Waals surface area contributed by atoms with Crippen LogP contribution in [-0.4, -0.2) is 48.6 Å². The average molecular weight is 521 g/mol. The molecule has 2 unspecified atom stereocenters. The molecule has 190 valence electrons. The Morgan fingerprint density at radius 3 is 2.57 bits per heavy atom. The minimum absolute atomic E-state index is 0.0509. The summed E-state index contributed by atoms with van der Waals surface area (Å²) in [5.74, 6) is 0. The molecule has 35 heavy (non-hydrogen) atoms. The Kier molecular flexibility index (Phi) is 18.7. The number of carbonyl (C=O) groups excluding carboxylic acids is 1. The molecule has 0 aliphatic carbocycles. The molecule has 2 aromatic heterocycles. The number of pyridine rings is 2. The van der Waals surface area contributed by atoms with Crippen LogP contribution in [0.15, 0.2) is 53.4 Å². The number of rotatable bonds is 7. The summed E-state index contributed by atoms with van der Waals surface area (Å²) < 4.78 is 12.9. The van der Waals surface area contributed by atoms with Crippen molar-refractivity contribution in [3.8, 4) is 0 Å². The Morgan fingerprint density at radius 1 is 1.34 bits per heavy atom. The highest BCUT2D eigenvalue weighted by Gasteiger charge is 2.26. The SMILES string of the molecule is CC.CN.Cc1cccc(C2CCCC(c3ncccc3Cl)N2)n1.[B]CN(SF)/C(C=O)=C\N=C. The van der Waals surface area contributed by atoms with Crippen molar-refractivity contribution in [3.05, 3.63) is 70.5 Å². The monoisotopic (exact) mass is 520 g/mol. The number of allylic oxidation sites excluding steroid dienone is 1. The van der Waals surface area contributed by atoms with E-state index < -0.39 is 0 Å². The number of aldehydes is 1. The lowest BCUT2D eigenvalue weighted by Crippen LogP contribution is -2.32. The summed E-state index contributed by atoms with van der Waals surface area (Å²) in [5.41, 5.74) is 7.67. The van der Waals surface area contributed by atoms with Gasteiger partial charge in [-0.2, -0.15) is 0 Å². The van der Waals surface area contributed by atoms with Crippen LogP contribution in [0, 0.1) is 6.92 Å². The first-order chi connectivity index (χ1) is 17.0. The molecule has 0 amide bonds. The molecular formula is C24H35BClFN6OS. The van der Waals surface area contributed by atoms with Gasteiger partial charge in [0.25, 0.3) is 0 Å². The average Bonchev–Trinajstić information content (AvgIpc) is 2.92. The molecule has 2 aromatic rings. The first-order valence-electron chi connectivity index (χ1n) is 11.3. The largest absolute Gasteiger partial charge is 0.333 e. The topological polar surface area (TPSA) is 96.5 Å². The molecule has 0 saturated carbocycles. The number of aryl methyl sites for hydroxylation is 1. The summed E-state index contributed by atoms with van der Waals surface area (Å²) in [4.78, 5) is 22.6. The van der Waals surface area contributed by atoms with Crippen molar-refractivity contribution in [3.63, 3.8) is 0 Å². The summed E-state index contributed by atoms with van der Waals surface area (Å²) in [7, 11) is 6.59. The Hall–Kier alpha value is -2.27. The highest BCUT2D eigenvalue weighted by molar-refractivity contribution is 7.92. The van der Waals surface area contributed by atoms with Crippen molar-refractivity contribution < 1.29 is 8.68 Å². The van der Waals surface area contributed by atoms with Gasteiger partial charge in [-0.25, -0.2) is 0 Å². The third kappa shape index (κ3) is 11.3. The molecule has 2 radical (unpaired) electrons. The van der Waals surface area contributed by atoms with E-state index in [0.717, 1.165) is 51.9 Å². The first-order valence-corrected chi connectivity index (χ1v) is 12.3. The Bertz CT molecular complexity index is 904. The molecule has 2 atom stereocenters. The van der Waals surface area contributed by atoms with Gasteiger partial charge in [-0.15, -0.1) is 3.89 Å². The van der Waals surface area contributed by atoms with Crippen molar-refractivity contribution >= 4 is 44.8 Å². The number of aromatic nitrogens is 2. The molecule has 0 spiro atoms. The number of hydrogen-bond donors (Lipinski definition) is 2. The Balaban J connectivity index is 0.000000661. The zero-order valence-electron chi connectivity index (χ0n) is 20.8. The van der Waals surface area contributed by atoms with Crippen LogP contribution in [0.2, 0.25) is 5.02 Å². The van der Waals surface area contributed by atoms with E-state index in [1.807, 2.05) is 39.0 Å². The molecule has 1 aliphatic heterocycles. The third-order valence-electron chi connectivity index (χ3n) is 4.65. The van der Waals surface area contributed by atoms with Crippen LogP contribution in [0.5, 0.6) is 0 Å². The normalized spacial score (nSPS) is 16.7. The van der Waals surface area contributed by atoms with Crippen LogP contribution in [0.3, 0.4) is 0 Å². The second-order valence-corrected chi connectivity index (χ2v) is 7.75. The van der Waals surface area contributed by atoms with E-state index in [1.54, 1.807) is 6.20 Å². The van der Waals surface area contributed by atoms with E-state index >= 15 is 0 Å². The molecule has 0 aromatic carbocycles. The maximum absolute atomic E-state index is 11.9. The highest BCUT2D eigenvalue weighted by atomic mass is 35.5. The van der Waals surface area contributed by atoms with Gasteiger partial charge in [0, 0.05) is 17.9 Å². The van der Waals surface area contributed by atoms with Gasteiger partial charge in [0.2, 0.25) is 0 Å². The summed E-state index contributed by atoms with van der Waals surface area (Å²) in [5, 5.41) is 4.38. The van der Waals surface area contributed by atoms with Crippen molar-refractivity contribution in [2.45, 2.75) is 52.1 Å². The van der Waals surface area contributed by atoms with E-state index in [0.29, 0.717) is 6.29 Å². The lowest BCUT2D eigenvalue weighted by Gasteiger charge is -2.31. The minimum Gasteiger partial charge on any atom is -0.333 e. The van der Waals surface area contributed by atoms with Gasteiger partial charge in [0.1, 0.15) is 5.70 Å². The maximum atomic E-state index is 11.9. The number of hydrogen-bond acceptors (Lipinski definition) is 8. The fraction of sp³-hybridized carbons (Fsp3) is 0.417. The van der Waals surface area contributed by atoms with E-state index in [4.69, 9.17) is 19.4 Å². The molecule has 0 bridgehead atoms. The smallest absolute Gasteiger partial charge is 0.168 e. The number of carbonyl (C=O) groups is 1. The lowest BCUT2D eigenvalue weighted by atomic mass is 9.94. The zero-order chi connectivity index (χ0) is 26.6. The van der Waals surface area contributed by atoms with Gasteiger partial charge in [-0.1, -0.05) is 31.5 Å². The fourth-order valence-electron chi connectivity index (χ4n) is 3.22. The number of nitrogens with two attached hydrogens (primary N) is 1. The molecule has 3 N–H and O–H groups in total. The van der Waals surface area contributed by atoms with E-state index in [1.165, 1.54) is 7.05 Å². The fourth-order valence-corrected chi connectivity index (χ4v) is 3.70. The summed E-state index contributed by atoms with van der Waals surface area (Å²) in [6.45, 7) is 9.14. The number of halogens is 2. The van der Waals surface area contributed by atoms with Gasteiger partial charge >= 0.3 is 0 Å². The molecule has 7 nitrogen and oxygen atoms in total. The molecular weight excluding hydrogens is 486 g/mol. The van der Waals surface area contributed by atoms with Crippen LogP contribution in [0.4, 0.5) is 3.89 Å². The van der Waals surface area contributed by atoms with Gasteiger partial charge < -0.3 is 11.1 Å². The van der Waals surface area contributed by atoms with Gasteiger partial charge in [0.15, 0.2) is 18.6 Å². The number of nitrogens with zero attached hydrogens (tertiary/aromatic N) is 4. The van der Waals surface area contributed by atoms with Gasteiger partial charge in [0.05, 0.1) is 36.5 Å². The van der Waals surface area contributed by atoms with E-state index in [-0.39, 0.29) is 36.6 Å². The van der Waals surface area contributed by atoms with Crippen molar-refractivity contribution in [2.75, 3.05) is 13.5 Å². The second kappa shape index (κ2) is 20.0. The van der Waals surface area contributed by atoms with Crippen molar-refractivity contribution in [2.24, 2.45) is 10.7 Å². The first kappa shape index (κ1) is 32.7. The number of nitrogens with one attached hydrogen (secondary N) is 1. The van der Waals surface area contributed by atoms with Gasteiger partial charge in [-0.05, 0) is 70.7 Å². The van der Waals surface area contributed by atoms with Crippen LogP contribution in [0.25, 0.3) is 0 Å². The predicted octanol–water partition coefficient (Wildman–Crippen LogP) is 5.28. The lowest BCUT2D eigenvalue weighted by molar-refractivity contribution is -0.105. The van der Waals surface area contributed by atoms with Crippen LogP contribution >= 0.6 is 23.9 Å². The molecule has 1 fully saturated rings. The molecule has 1 saturated heterocycles. The second-order valence-electron chi connectivity index (χ2n) is 6.76. The molecule has 3 rings (SSSR count). The van der Waals surface area contributed by atoms with Crippen LogP contribution < -0.4 is 11.1 Å². The van der Waals surface area contributed by atoms with Crippen molar-refractivity contribution in [1.29, 1.82) is 0 Å². The standard InChI is InChI=1S/C16H18ClN3.C5H6BFN2OS.C2H6.CH5N/c1-11-5-2-7-13(19-11)14-8-3-9-15(20-14)16-12(17)6-4-10-18-16;1-8-2-5(3-10)9(4-6)11-7;2*1-2/h2,4-7,10,14-15,20H,3,8-9H2,1H3;2-3H,1,4H2;1-2H3;2H2,1H3/b;5-2-;;. The molecule has 1 aliphatic rings. The number of piperidine rings is 1. The Morgan fingerprint density at radius 2 is 2.03 bits per heavy atom. The van der Waals surface area contributed by atoms with Gasteiger partial charge in [-0.3, -0.25) is 24.1 Å². The van der Waals surface area contributed by atoms with Crippen LogP contribution in [0.1, 0.15) is 62.3 Å². The van der Waals surface area contributed by atoms with E-state index in [9.17, 15) is 8.68 Å². The summed E-state index contributed by atoms with van der Waals surface area (Å²) >= 11 is 6.12. The molecule has 3 heterocycles. The summed E-state index contributed by atoms with van der Waals surface area (Å²) in [6, 6.07) is 10.5. The third-order valence-corrected chi connectivity index (χ3v) is 5.50. The minimum atomic E-state index is -0.136. The van der Waals surface area contributed by atoms with Crippen molar-refractivity contribution in [1.82, 2.24) is 19.6 Å². The Labute approximate surface area is 219 Å². The maximum Gasteiger partial charge on any atom is 0.168 e. The summed E-state index contributed by atoms with van der Waals surface area (Å²) in [6.07, 6.45) is 6.63. The molecule has 11 heteroatoms. The van der Waals surface area contributed by atoms with Crippen LogP contribution in [-0.2, 0) is 4.79 Å². The predicted molar refractivity (Wildman–Crippen MR) is 147 cm³/mol. The number of aliphatic imine (C=N–C) groups is 1. The zero-order valence-corrected chi connectivity index (χ0v) is 22.4.